The molecule has 3 rings (SSSR count). The number of likely N-dealkylation sites (tertiary alicyclic amines) is 1. The van der Waals surface area contributed by atoms with Crippen LogP contribution < -0.4 is 10.2 Å². The number of halogens is 1. The Hall–Kier alpha value is -0.880. The highest BCUT2D eigenvalue weighted by atomic mass is 35.5. The van der Waals surface area contributed by atoms with Crippen molar-refractivity contribution < 1.29 is 4.74 Å². The van der Waals surface area contributed by atoms with Gasteiger partial charge in [-0.3, -0.25) is 4.90 Å². The summed E-state index contributed by atoms with van der Waals surface area (Å²) >= 11 is 0. The first-order chi connectivity index (χ1) is 11.2. The standard InChI is InChI=1S/C18H30N4O.ClH/c1-21(11-12-23-2)17-4-3-16(13-20-17)14-22-10-7-18(15-22)5-8-19-9-6-18;/h3-4,13,19H,5-12,14-15H2,1-2H3;1H. The van der Waals surface area contributed by atoms with Crippen molar-refractivity contribution >= 4 is 18.2 Å². The first kappa shape index (κ1) is 19.4. The summed E-state index contributed by atoms with van der Waals surface area (Å²) in [6.07, 6.45) is 6.07. The summed E-state index contributed by atoms with van der Waals surface area (Å²) in [6, 6.07) is 4.35. The number of rotatable bonds is 6. The van der Waals surface area contributed by atoms with E-state index in [9.17, 15) is 0 Å². The maximum atomic E-state index is 5.12. The van der Waals surface area contributed by atoms with Crippen LogP contribution in [0, 0.1) is 5.41 Å². The smallest absolute Gasteiger partial charge is 0.128 e. The summed E-state index contributed by atoms with van der Waals surface area (Å²) in [4.78, 5) is 9.35. The Morgan fingerprint density at radius 1 is 1.29 bits per heavy atom. The normalized spacial score (nSPS) is 20.1. The molecule has 0 saturated carbocycles. The maximum Gasteiger partial charge on any atom is 0.128 e. The Morgan fingerprint density at radius 2 is 2.08 bits per heavy atom. The number of hydrogen-bond acceptors (Lipinski definition) is 5. The van der Waals surface area contributed by atoms with Crippen molar-refractivity contribution in [3.8, 4) is 0 Å². The summed E-state index contributed by atoms with van der Waals surface area (Å²) in [5.74, 6) is 1.02. The van der Waals surface area contributed by atoms with Gasteiger partial charge in [-0.05, 0) is 55.9 Å². The Bertz CT molecular complexity index is 490. The average molecular weight is 355 g/mol. The third-order valence-electron chi connectivity index (χ3n) is 5.42. The lowest BCUT2D eigenvalue weighted by Crippen LogP contribution is -2.38. The molecular weight excluding hydrogens is 324 g/mol. The topological polar surface area (TPSA) is 40.6 Å². The minimum atomic E-state index is 0. The van der Waals surface area contributed by atoms with E-state index in [1.165, 1.54) is 51.0 Å². The minimum absolute atomic E-state index is 0. The number of ether oxygens (including phenoxy) is 1. The Balaban J connectivity index is 0.00000208. The third kappa shape index (κ3) is 4.82. The van der Waals surface area contributed by atoms with E-state index in [0.717, 1.165) is 25.5 Å². The van der Waals surface area contributed by atoms with Crippen molar-refractivity contribution in [1.82, 2.24) is 15.2 Å². The molecule has 136 valence electrons. The largest absolute Gasteiger partial charge is 0.383 e. The van der Waals surface area contributed by atoms with E-state index in [1.807, 2.05) is 6.20 Å². The van der Waals surface area contributed by atoms with Crippen molar-refractivity contribution in [2.24, 2.45) is 5.41 Å². The van der Waals surface area contributed by atoms with Crippen molar-refractivity contribution in [2.75, 3.05) is 58.4 Å². The number of likely N-dealkylation sites (N-methyl/N-ethyl adjacent to an activating group) is 1. The minimum Gasteiger partial charge on any atom is -0.383 e. The molecule has 2 aliphatic rings. The van der Waals surface area contributed by atoms with E-state index in [0.29, 0.717) is 5.41 Å². The number of methoxy groups -OCH3 is 1. The fourth-order valence-corrected chi connectivity index (χ4v) is 3.86. The summed E-state index contributed by atoms with van der Waals surface area (Å²) in [5.41, 5.74) is 1.90. The van der Waals surface area contributed by atoms with Crippen LogP contribution in [-0.4, -0.2) is 63.4 Å². The molecule has 1 spiro atoms. The molecule has 2 fully saturated rings. The van der Waals surface area contributed by atoms with E-state index in [-0.39, 0.29) is 12.4 Å². The molecular formula is C18H31ClN4O. The van der Waals surface area contributed by atoms with Crippen LogP contribution in [0.1, 0.15) is 24.8 Å². The molecule has 3 heterocycles. The average Bonchev–Trinajstić information content (AvgIpc) is 2.96. The molecule has 5 nitrogen and oxygen atoms in total. The fraction of sp³-hybridized carbons (Fsp3) is 0.722. The molecule has 6 heteroatoms. The fourth-order valence-electron chi connectivity index (χ4n) is 3.86. The van der Waals surface area contributed by atoms with Crippen LogP contribution in [0.5, 0.6) is 0 Å². The number of pyridine rings is 1. The molecule has 0 aliphatic carbocycles. The Morgan fingerprint density at radius 3 is 2.75 bits per heavy atom. The highest BCUT2D eigenvalue weighted by molar-refractivity contribution is 5.85. The van der Waals surface area contributed by atoms with Gasteiger partial charge in [0.25, 0.3) is 0 Å². The van der Waals surface area contributed by atoms with Gasteiger partial charge >= 0.3 is 0 Å². The summed E-state index contributed by atoms with van der Waals surface area (Å²) in [7, 11) is 3.79. The van der Waals surface area contributed by atoms with Crippen LogP contribution in [0.4, 0.5) is 5.82 Å². The molecule has 0 atom stereocenters. The van der Waals surface area contributed by atoms with Gasteiger partial charge in [0.1, 0.15) is 5.82 Å². The van der Waals surface area contributed by atoms with Crippen molar-refractivity contribution in [3.63, 3.8) is 0 Å². The lowest BCUT2D eigenvalue weighted by molar-refractivity contribution is 0.194. The summed E-state index contributed by atoms with van der Waals surface area (Å²) < 4.78 is 5.12. The van der Waals surface area contributed by atoms with Gasteiger partial charge in [-0.2, -0.15) is 0 Å². The van der Waals surface area contributed by atoms with Crippen LogP contribution in [0.25, 0.3) is 0 Å². The predicted octanol–water partition coefficient (Wildman–Crippen LogP) is 2.16. The van der Waals surface area contributed by atoms with Gasteiger partial charge in [0.05, 0.1) is 6.61 Å². The van der Waals surface area contributed by atoms with E-state index >= 15 is 0 Å². The second-order valence-corrected chi connectivity index (χ2v) is 7.15. The van der Waals surface area contributed by atoms with E-state index in [4.69, 9.17) is 4.74 Å². The molecule has 1 aromatic heterocycles. The molecule has 0 radical (unpaired) electrons. The highest BCUT2D eigenvalue weighted by Crippen LogP contribution is 2.38. The van der Waals surface area contributed by atoms with Crippen LogP contribution in [0.15, 0.2) is 18.3 Å². The molecule has 2 saturated heterocycles. The summed E-state index contributed by atoms with van der Waals surface area (Å²) in [6.45, 7) is 7.50. The Labute approximate surface area is 152 Å². The zero-order valence-corrected chi connectivity index (χ0v) is 15.8. The zero-order valence-electron chi connectivity index (χ0n) is 15.0. The van der Waals surface area contributed by atoms with Crippen LogP contribution >= 0.6 is 12.4 Å². The summed E-state index contributed by atoms with van der Waals surface area (Å²) in [5, 5.41) is 3.49. The first-order valence-electron chi connectivity index (χ1n) is 8.79. The number of piperidine rings is 1. The van der Waals surface area contributed by atoms with Crippen LogP contribution in [0.3, 0.4) is 0 Å². The maximum absolute atomic E-state index is 5.12. The zero-order chi connectivity index (χ0) is 16.1. The van der Waals surface area contributed by atoms with Crippen LogP contribution in [0.2, 0.25) is 0 Å². The van der Waals surface area contributed by atoms with Gasteiger partial charge in [0, 0.05) is 40.0 Å². The van der Waals surface area contributed by atoms with Crippen molar-refractivity contribution in [1.29, 1.82) is 0 Å². The number of nitrogens with one attached hydrogen (secondary N) is 1. The molecule has 0 aromatic carbocycles. The van der Waals surface area contributed by atoms with Gasteiger partial charge in [-0.1, -0.05) is 6.07 Å². The molecule has 2 aliphatic heterocycles. The highest BCUT2D eigenvalue weighted by Gasteiger charge is 2.38. The van der Waals surface area contributed by atoms with Gasteiger partial charge < -0.3 is 15.0 Å². The molecule has 24 heavy (non-hydrogen) atoms. The molecule has 1 N–H and O–H groups in total. The predicted molar refractivity (Wildman–Crippen MR) is 101 cm³/mol. The van der Waals surface area contributed by atoms with Gasteiger partial charge in [-0.25, -0.2) is 4.98 Å². The molecule has 1 aromatic rings. The first-order valence-corrected chi connectivity index (χ1v) is 8.79. The molecule has 0 bridgehead atoms. The van der Waals surface area contributed by atoms with E-state index in [2.05, 4.69) is 39.3 Å². The second-order valence-electron chi connectivity index (χ2n) is 7.15. The number of hydrogen-bond donors (Lipinski definition) is 1. The van der Waals surface area contributed by atoms with Crippen molar-refractivity contribution in [3.05, 3.63) is 23.9 Å². The van der Waals surface area contributed by atoms with Crippen molar-refractivity contribution in [2.45, 2.75) is 25.8 Å². The number of anilines is 1. The number of aromatic nitrogens is 1. The van der Waals surface area contributed by atoms with E-state index in [1.54, 1.807) is 7.11 Å². The van der Waals surface area contributed by atoms with Crippen LogP contribution in [-0.2, 0) is 11.3 Å². The Kier molecular flexibility index (Phi) is 7.29. The monoisotopic (exact) mass is 354 g/mol. The van der Waals surface area contributed by atoms with Gasteiger partial charge in [0.15, 0.2) is 0 Å². The third-order valence-corrected chi connectivity index (χ3v) is 5.42. The van der Waals surface area contributed by atoms with Gasteiger partial charge in [0.2, 0.25) is 0 Å². The van der Waals surface area contributed by atoms with E-state index < -0.39 is 0 Å². The number of nitrogens with zero attached hydrogens (tertiary/aromatic N) is 3. The molecule has 0 amide bonds. The lowest BCUT2D eigenvalue weighted by Gasteiger charge is -2.33. The molecule has 0 unspecified atom stereocenters. The second kappa shape index (κ2) is 8.99. The lowest BCUT2D eigenvalue weighted by atomic mass is 9.78. The van der Waals surface area contributed by atoms with Gasteiger partial charge in [-0.15, -0.1) is 12.4 Å². The quantitative estimate of drug-likeness (QED) is 0.847. The SMILES string of the molecule is COCCN(C)c1ccc(CN2CCC3(CCNCC3)C2)cn1.Cl.